The van der Waals surface area contributed by atoms with Crippen LogP contribution in [0.5, 0.6) is 0 Å². The van der Waals surface area contributed by atoms with Crippen molar-refractivity contribution in [3.05, 3.63) is 0 Å². The average molecular weight is 296 g/mol. The van der Waals surface area contributed by atoms with Gasteiger partial charge in [0.25, 0.3) is 5.91 Å². The standard InChI is InChI=1S/C14H24N4O3/c1-10(11(19)17(3)9-8-15-2)18-12(20)14(16-13(18)21)6-4-5-7-14/h10,15H,4-9H2,1-3H3,(H,16,21). The van der Waals surface area contributed by atoms with Crippen molar-refractivity contribution in [2.75, 3.05) is 27.2 Å². The number of hydrogen-bond acceptors (Lipinski definition) is 4. The van der Waals surface area contributed by atoms with Crippen molar-refractivity contribution in [1.82, 2.24) is 20.4 Å². The number of amides is 4. The maximum atomic E-state index is 12.6. The van der Waals surface area contributed by atoms with Crippen molar-refractivity contribution in [2.24, 2.45) is 0 Å². The van der Waals surface area contributed by atoms with E-state index in [0.29, 0.717) is 25.9 Å². The van der Waals surface area contributed by atoms with Crippen LogP contribution in [0.2, 0.25) is 0 Å². The second kappa shape index (κ2) is 6.01. The number of likely N-dealkylation sites (N-methyl/N-ethyl adjacent to an activating group) is 2. The molecule has 1 aliphatic carbocycles. The van der Waals surface area contributed by atoms with E-state index in [9.17, 15) is 14.4 Å². The Bertz CT molecular complexity index is 446. The number of imide groups is 1. The molecule has 0 aromatic heterocycles. The smallest absolute Gasteiger partial charge is 0.325 e. The van der Waals surface area contributed by atoms with E-state index in [0.717, 1.165) is 17.7 Å². The molecular formula is C14H24N4O3. The van der Waals surface area contributed by atoms with Gasteiger partial charge in [0.2, 0.25) is 5.91 Å². The van der Waals surface area contributed by atoms with E-state index < -0.39 is 17.6 Å². The SMILES string of the molecule is CNCCN(C)C(=O)C(C)N1C(=O)NC2(CCCC2)C1=O. The first-order valence-corrected chi connectivity index (χ1v) is 7.48. The second-order valence-corrected chi connectivity index (χ2v) is 5.93. The third kappa shape index (κ3) is 2.74. The van der Waals surface area contributed by atoms with Gasteiger partial charge in [-0.1, -0.05) is 12.8 Å². The highest BCUT2D eigenvalue weighted by Crippen LogP contribution is 2.35. The van der Waals surface area contributed by atoms with Crippen molar-refractivity contribution < 1.29 is 14.4 Å². The lowest BCUT2D eigenvalue weighted by Gasteiger charge is -2.27. The Morgan fingerprint density at radius 3 is 2.62 bits per heavy atom. The Morgan fingerprint density at radius 2 is 2.05 bits per heavy atom. The topological polar surface area (TPSA) is 81.8 Å². The Labute approximate surface area is 125 Å². The fourth-order valence-electron chi connectivity index (χ4n) is 3.13. The number of hydrogen-bond donors (Lipinski definition) is 2. The van der Waals surface area contributed by atoms with Gasteiger partial charge in [-0.2, -0.15) is 0 Å². The zero-order chi connectivity index (χ0) is 15.6. The van der Waals surface area contributed by atoms with E-state index >= 15 is 0 Å². The molecule has 0 radical (unpaired) electrons. The van der Waals surface area contributed by atoms with Crippen molar-refractivity contribution in [3.63, 3.8) is 0 Å². The van der Waals surface area contributed by atoms with Crippen LogP contribution in [0.4, 0.5) is 4.79 Å². The fraction of sp³-hybridized carbons (Fsp3) is 0.786. The summed E-state index contributed by atoms with van der Waals surface area (Å²) < 4.78 is 0. The van der Waals surface area contributed by atoms with Crippen LogP contribution in [0.15, 0.2) is 0 Å². The number of carbonyl (C=O) groups is 3. The van der Waals surface area contributed by atoms with Crippen molar-refractivity contribution in [1.29, 1.82) is 0 Å². The van der Waals surface area contributed by atoms with Gasteiger partial charge in [-0.05, 0) is 26.8 Å². The lowest BCUT2D eigenvalue weighted by molar-refractivity contribution is -0.142. The Kier molecular flexibility index (Phi) is 4.51. The number of urea groups is 1. The van der Waals surface area contributed by atoms with Crippen molar-refractivity contribution in [3.8, 4) is 0 Å². The summed E-state index contributed by atoms with van der Waals surface area (Å²) in [5.41, 5.74) is -0.755. The first kappa shape index (κ1) is 15.8. The van der Waals surface area contributed by atoms with Gasteiger partial charge in [0, 0.05) is 20.1 Å². The Balaban J connectivity index is 2.08. The largest absolute Gasteiger partial charge is 0.343 e. The Hall–Kier alpha value is -1.63. The van der Waals surface area contributed by atoms with Gasteiger partial charge in [-0.25, -0.2) is 9.69 Å². The van der Waals surface area contributed by atoms with E-state index in [1.54, 1.807) is 18.9 Å². The molecule has 1 unspecified atom stereocenters. The summed E-state index contributed by atoms with van der Waals surface area (Å²) >= 11 is 0. The number of nitrogens with zero attached hydrogens (tertiary/aromatic N) is 2. The van der Waals surface area contributed by atoms with Crippen LogP contribution in [0.1, 0.15) is 32.6 Å². The zero-order valence-corrected chi connectivity index (χ0v) is 12.9. The third-order valence-electron chi connectivity index (χ3n) is 4.47. The minimum Gasteiger partial charge on any atom is -0.343 e. The van der Waals surface area contributed by atoms with Crippen LogP contribution in [0, 0.1) is 0 Å². The molecule has 1 heterocycles. The van der Waals surface area contributed by atoms with Crippen LogP contribution in [-0.2, 0) is 9.59 Å². The number of nitrogens with one attached hydrogen (secondary N) is 2. The van der Waals surface area contributed by atoms with E-state index in [-0.39, 0.29) is 11.8 Å². The summed E-state index contributed by atoms with van der Waals surface area (Å²) in [6, 6.07) is -1.20. The second-order valence-electron chi connectivity index (χ2n) is 5.93. The highest BCUT2D eigenvalue weighted by atomic mass is 16.2. The van der Waals surface area contributed by atoms with E-state index in [1.165, 1.54) is 0 Å². The first-order chi connectivity index (χ1) is 9.93. The molecule has 1 spiro atoms. The summed E-state index contributed by atoms with van der Waals surface area (Å²) in [6.07, 6.45) is 3.21. The summed E-state index contributed by atoms with van der Waals surface area (Å²) in [5.74, 6) is -0.461. The highest BCUT2D eigenvalue weighted by Gasteiger charge is 2.54. The summed E-state index contributed by atoms with van der Waals surface area (Å²) in [5, 5.41) is 5.77. The van der Waals surface area contributed by atoms with E-state index in [1.807, 2.05) is 7.05 Å². The molecule has 1 saturated heterocycles. The molecule has 4 amide bonds. The first-order valence-electron chi connectivity index (χ1n) is 7.48. The van der Waals surface area contributed by atoms with Crippen molar-refractivity contribution >= 4 is 17.8 Å². The molecule has 1 saturated carbocycles. The van der Waals surface area contributed by atoms with E-state index in [4.69, 9.17) is 0 Å². The maximum Gasteiger partial charge on any atom is 0.325 e. The van der Waals surface area contributed by atoms with Crippen LogP contribution >= 0.6 is 0 Å². The van der Waals surface area contributed by atoms with Gasteiger partial charge in [0.05, 0.1) is 0 Å². The molecule has 0 aromatic carbocycles. The monoisotopic (exact) mass is 296 g/mol. The molecule has 21 heavy (non-hydrogen) atoms. The van der Waals surface area contributed by atoms with Crippen LogP contribution in [0.25, 0.3) is 0 Å². The van der Waals surface area contributed by atoms with Crippen molar-refractivity contribution in [2.45, 2.75) is 44.2 Å². The molecule has 1 aliphatic heterocycles. The zero-order valence-electron chi connectivity index (χ0n) is 12.9. The average Bonchev–Trinajstić information content (AvgIpc) is 3.01. The van der Waals surface area contributed by atoms with Crippen LogP contribution in [0.3, 0.4) is 0 Å². The molecule has 0 bridgehead atoms. The van der Waals surface area contributed by atoms with Gasteiger partial charge in [0.1, 0.15) is 11.6 Å². The normalized spacial score (nSPS) is 21.8. The van der Waals surface area contributed by atoms with Gasteiger partial charge >= 0.3 is 6.03 Å². The maximum absolute atomic E-state index is 12.6. The number of rotatable bonds is 5. The molecule has 1 atom stereocenters. The van der Waals surface area contributed by atoms with Gasteiger partial charge in [-0.15, -0.1) is 0 Å². The lowest BCUT2D eigenvalue weighted by atomic mass is 9.97. The summed E-state index contributed by atoms with van der Waals surface area (Å²) in [7, 11) is 3.49. The van der Waals surface area contributed by atoms with Gasteiger partial charge in [0.15, 0.2) is 0 Å². The molecule has 2 fully saturated rings. The predicted octanol–water partition coefficient (Wildman–Crippen LogP) is -0.0827. The molecule has 7 heteroatoms. The van der Waals surface area contributed by atoms with Gasteiger partial charge < -0.3 is 15.5 Å². The molecule has 118 valence electrons. The molecule has 7 nitrogen and oxygen atoms in total. The fourth-order valence-corrected chi connectivity index (χ4v) is 3.13. The lowest BCUT2D eigenvalue weighted by Crippen LogP contribution is -2.51. The molecule has 2 N–H and O–H groups in total. The van der Waals surface area contributed by atoms with Crippen LogP contribution < -0.4 is 10.6 Å². The highest BCUT2D eigenvalue weighted by molar-refractivity contribution is 6.09. The summed E-state index contributed by atoms with van der Waals surface area (Å²) in [6.45, 7) is 2.82. The molecule has 0 aromatic rings. The number of carbonyl (C=O) groups excluding carboxylic acids is 3. The minimum atomic E-state index is -0.765. The third-order valence-corrected chi connectivity index (χ3v) is 4.47. The quantitative estimate of drug-likeness (QED) is 0.695. The predicted molar refractivity (Wildman–Crippen MR) is 77.6 cm³/mol. The van der Waals surface area contributed by atoms with Gasteiger partial charge in [-0.3, -0.25) is 9.59 Å². The molecular weight excluding hydrogens is 272 g/mol. The Morgan fingerprint density at radius 1 is 1.43 bits per heavy atom. The van der Waals surface area contributed by atoms with E-state index in [2.05, 4.69) is 10.6 Å². The summed E-state index contributed by atoms with van der Waals surface area (Å²) in [4.78, 5) is 39.7. The minimum absolute atomic E-state index is 0.219. The molecule has 2 aliphatic rings. The van der Waals surface area contributed by atoms with Crippen LogP contribution in [-0.4, -0.2) is 66.4 Å². The molecule has 2 rings (SSSR count).